The normalized spacial score (nSPS) is 20.0. The molecule has 3 rings (SSSR count). The second-order valence-corrected chi connectivity index (χ2v) is 7.23. The van der Waals surface area contributed by atoms with E-state index in [1.807, 2.05) is 36.1 Å². The lowest BCUT2D eigenvalue weighted by Crippen LogP contribution is -2.43. The summed E-state index contributed by atoms with van der Waals surface area (Å²) in [5.74, 6) is 0.614. The van der Waals surface area contributed by atoms with Gasteiger partial charge in [0.25, 0.3) is 0 Å². The zero-order valence-corrected chi connectivity index (χ0v) is 16.5. The first kappa shape index (κ1) is 20.5. The first-order valence-electron chi connectivity index (χ1n) is 10.2. The third kappa shape index (κ3) is 5.86. The number of nitrogens with one attached hydrogen (secondary N) is 1. The standard InChI is InChI=1S/C21H30N2O5/c1-2-26-21(25)16-9-11-23(12-10-16)20(24)14-22-17-5-7-18(8-6-17)28-15-19-4-3-13-27-19/h5-8,16,19,22H,2-4,9-15H2,1H3. The van der Waals surface area contributed by atoms with Crippen LogP contribution in [0.25, 0.3) is 0 Å². The number of rotatable bonds is 8. The molecule has 0 aliphatic carbocycles. The predicted molar refractivity (Wildman–Crippen MR) is 105 cm³/mol. The molecule has 1 atom stereocenters. The van der Waals surface area contributed by atoms with Crippen molar-refractivity contribution in [2.75, 3.05) is 44.8 Å². The van der Waals surface area contributed by atoms with Gasteiger partial charge in [-0.1, -0.05) is 0 Å². The summed E-state index contributed by atoms with van der Waals surface area (Å²) < 4.78 is 16.4. The van der Waals surface area contributed by atoms with Gasteiger partial charge >= 0.3 is 5.97 Å². The summed E-state index contributed by atoms with van der Waals surface area (Å²) in [5, 5.41) is 3.16. The number of ether oxygens (including phenoxy) is 3. The van der Waals surface area contributed by atoms with E-state index in [4.69, 9.17) is 14.2 Å². The maximum atomic E-state index is 12.4. The molecule has 0 spiro atoms. The molecule has 2 fully saturated rings. The third-order valence-corrected chi connectivity index (χ3v) is 5.23. The molecule has 28 heavy (non-hydrogen) atoms. The van der Waals surface area contributed by atoms with Crippen molar-refractivity contribution in [1.29, 1.82) is 0 Å². The Balaban J connectivity index is 1.37. The lowest BCUT2D eigenvalue weighted by atomic mass is 9.97. The van der Waals surface area contributed by atoms with Gasteiger partial charge in [-0.2, -0.15) is 0 Å². The van der Waals surface area contributed by atoms with Crippen molar-refractivity contribution in [3.63, 3.8) is 0 Å². The van der Waals surface area contributed by atoms with E-state index >= 15 is 0 Å². The molecule has 0 aromatic heterocycles. The van der Waals surface area contributed by atoms with Gasteiger partial charge in [-0.15, -0.1) is 0 Å². The Morgan fingerprint density at radius 3 is 2.57 bits per heavy atom. The van der Waals surface area contributed by atoms with E-state index in [1.165, 1.54) is 0 Å². The summed E-state index contributed by atoms with van der Waals surface area (Å²) in [5.41, 5.74) is 0.874. The molecule has 0 bridgehead atoms. The molecule has 2 aliphatic heterocycles. The highest BCUT2D eigenvalue weighted by Gasteiger charge is 2.27. The van der Waals surface area contributed by atoms with Crippen LogP contribution in [0.3, 0.4) is 0 Å². The number of hydrogen-bond acceptors (Lipinski definition) is 6. The largest absolute Gasteiger partial charge is 0.491 e. The van der Waals surface area contributed by atoms with Gasteiger partial charge < -0.3 is 24.4 Å². The predicted octanol–water partition coefficient (Wildman–Crippen LogP) is 2.46. The highest BCUT2D eigenvalue weighted by atomic mass is 16.5. The van der Waals surface area contributed by atoms with E-state index in [1.54, 1.807) is 0 Å². The molecule has 2 aliphatic rings. The number of benzene rings is 1. The Hall–Kier alpha value is -2.28. The first-order chi connectivity index (χ1) is 13.7. The minimum atomic E-state index is -0.144. The molecule has 0 radical (unpaired) electrons. The molecule has 0 saturated carbocycles. The molecule has 154 valence electrons. The topological polar surface area (TPSA) is 77.1 Å². The van der Waals surface area contributed by atoms with E-state index in [-0.39, 0.29) is 30.4 Å². The molecule has 1 unspecified atom stereocenters. The summed E-state index contributed by atoms with van der Waals surface area (Å²) in [4.78, 5) is 26.0. The maximum Gasteiger partial charge on any atom is 0.309 e. The van der Waals surface area contributed by atoms with Crippen LogP contribution in [-0.4, -0.2) is 62.3 Å². The molecule has 7 heteroatoms. The molecule has 1 aromatic carbocycles. The highest BCUT2D eigenvalue weighted by molar-refractivity contribution is 5.81. The Labute approximate surface area is 166 Å². The van der Waals surface area contributed by atoms with Crippen molar-refractivity contribution in [1.82, 2.24) is 4.90 Å². The lowest BCUT2D eigenvalue weighted by Gasteiger charge is -2.31. The number of carbonyl (C=O) groups excluding carboxylic acids is 2. The van der Waals surface area contributed by atoms with Crippen molar-refractivity contribution in [2.24, 2.45) is 5.92 Å². The van der Waals surface area contributed by atoms with Crippen molar-refractivity contribution >= 4 is 17.6 Å². The van der Waals surface area contributed by atoms with Crippen LogP contribution in [0.15, 0.2) is 24.3 Å². The number of hydrogen-bond donors (Lipinski definition) is 1. The highest BCUT2D eigenvalue weighted by Crippen LogP contribution is 2.20. The van der Waals surface area contributed by atoms with Crippen LogP contribution >= 0.6 is 0 Å². The fourth-order valence-corrected chi connectivity index (χ4v) is 3.55. The van der Waals surface area contributed by atoms with Gasteiger partial charge in [-0.05, 0) is 56.9 Å². The molecule has 2 heterocycles. The Morgan fingerprint density at radius 1 is 1.18 bits per heavy atom. The van der Waals surface area contributed by atoms with Gasteiger partial charge in [0.15, 0.2) is 0 Å². The van der Waals surface area contributed by atoms with E-state index < -0.39 is 0 Å². The molecular weight excluding hydrogens is 360 g/mol. The van der Waals surface area contributed by atoms with Crippen LogP contribution in [-0.2, 0) is 19.1 Å². The fourth-order valence-electron chi connectivity index (χ4n) is 3.55. The average molecular weight is 390 g/mol. The van der Waals surface area contributed by atoms with Gasteiger partial charge in [-0.3, -0.25) is 9.59 Å². The number of nitrogens with zero attached hydrogens (tertiary/aromatic N) is 1. The van der Waals surface area contributed by atoms with Crippen LogP contribution in [0.1, 0.15) is 32.6 Å². The van der Waals surface area contributed by atoms with Crippen molar-refractivity contribution < 1.29 is 23.8 Å². The number of carbonyl (C=O) groups is 2. The van der Waals surface area contributed by atoms with E-state index in [2.05, 4.69) is 5.32 Å². The van der Waals surface area contributed by atoms with Crippen molar-refractivity contribution in [3.8, 4) is 5.75 Å². The second-order valence-electron chi connectivity index (χ2n) is 7.23. The SMILES string of the molecule is CCOC(=O)C1CCN(C(=O)CNc2ccc(OCC3CCCO3)cc2)CC1. The van der Waals surface area contributed by atoms with Gasteiger partial charge in [0.05, 0.1) is 25.2 Å². The minimum absolute atomic E-state index is 0.0426. The van der Waals surface area contributed by atoms with Gasteiger partial charge in [0.2, 0.25) is 5.91 Å². The number of amides is 1. The Morgan fingerprint density at radius 2 is 1.93 bits per heavy atom. The molecular formula is C21H30N2O5. The van der Waals surface area contributed by atoms with Gasteiger partial charge in [-0.25, -0.2) is 0 Å². The second kappa shape index (κ2) is 10.3. The molecule has 2 saturated heterocycles. The van der Waals surface area contributed by atoms with Crippen LogP contribution in [0.4, 0.5) is 5.69 Å². The number of esters is 1. The Bertz CT molecular complexity index is 635. The summed E-state index contributed by atoms with van der Waals surface area (Å²) in [6.07, 6.45) is 3.69. The van der Waals surface area contributed by atoms with Crippen LogP contribution in [0.5, 0.6) is 5.75 Å². The average Bonchev–Trinajstić information content (AvgIpc) is 3.25. The Kier molecular flexibility index (Phi) is 7.54. The zero-order chi connectivity index (χ0) is 19.8. The smallest absolute Gasteiger partial charge is 0.309 e. The summed E-state index contributed by atoms with van der Waals surface area (Å²) >= 11 is 0. The summed E-state index contributed by atoms with van der Waals surface area (Å²) in [6.45, 7) is 5.05. The van der Waals surface area contributed by atoms with E-state index in [9.17, 15) is 9.59 Å². The first-order valence-corrected chi connectivity index (χ1v) is 10.2. The van der Waals surface area contributed by atoms with Crippen LogP contribution < -0.4 is 10.1 Å². The number of anilines is 1. The fraction of sp³-hybridized carbons (Fsp3) is 0.619. The molecule has 1 N–H and O–H groups in total. The summed E-state index contributed by atoms with van der Waals surface area (Å²) in [6, 6.07) is 7.61. The number of piperidine rings is 1. The molecule has 1 aromatic rings. The maximum absolute atomic E-state index is 12.4. The monoisotopic (exact) mass is 390 g/mol. The zero-order valence-electron chi connectivity index (χ0n) is 16.5. The lowest BCUT2D eigenvalue weighted by molar-refractivity contribution is -0.151. The van der Waals surface area contributed by atoms with Gasteiger partial charge in [0.1, 0.15) is 12.4 Å². The van der Waals surface area contributed by atoms with Crippen molar-refractivity contribution in [2.45, 2.75) is 38.7 Å². The van der Waals surface area contributed by atoms with Crippen LogP contribution in [0, 0.1) is 5.92 Å². The third-order valence-electron chi connectivity index (χ3n) is 5.23. The van der Waals surface area contributed by atoms with Crippen molar-refractivity contribution in [3.05, 3.63) is 24.3 Å². The van der Waals surface area contributed by atoms with Crippen LogP contribution in [0.2, 0.25) is 0 Å². The van der Waals surface area contributed by atoms with E-state index in [0.717, 1.165) is 30.9 Å². The minimum Gasteiger partial charge on any atom is -0.491 e. The number of likely N-dealkylation sites (tertiary alicyclic amines) is 1. The summed E-state index contributed by atoms with van der Waals surface area (Å²) in [7, 11) is 0. The van der Waals surface area contributed by atoms with E-state index in [0.29, 0.717) is 39.1 Å². The molecule has 1 amide bonds. The molecule has 7 nitrogen and oxygen atoms in total. The van der Waals surface area contributed by atoms with Gasteiger partial charge in [0, 0.05) is 25.4 Å². The quantitative estimate of drug-likeness (QED) is 0.687.